The van der Waals surface area contributed by atoms with Crippen LogP contribution in [0.4, 0.5) is 5.82 Å². The summed E-state index contributed by atoms with van der Waals surface area (Å²) in [5.74, 6) is 0.942. The van der Waals surface area contributed by atoms with Crippen molar-refractivity contribution in [3.8, 4) is 22.5 Å². The molecule has 0 atom stereocenters. The molecule has 0 unspecified atom stereocenters. The molecule has 34 heavy (non-hydrogen) atoms. The molecule has 1 aliphatic rings. The second kappa shape index (κ2) is 11.3. The molecule has 0 amide bonds. The van der Waals surface area contributed by atoms with Crippen molar-refractivity contribution in [1.82, 2.24) is 9.97 Å². The van der Waals surface area contributed by atoms with Gasteiger partial charge in [-0.1, -0.05) is 72.5 Å². The lowest BCUT2D eigenvalue weighted by molar-refractivity contribution is -0.143. The molecule has 0 N–H and O–H groups in total. The van der Waals surface area contributed by atoms with Gasteiger partial charge in [0.25, 0.3) is 0 Å². The highest BCUT2D eigenvalue weighted by Gasteiger charge is 2.25. The van der Waals surface area contributed by atoms with Crippen LogP contribution < -0.4 is 4.90 Å². The molecule has 0 saturated heterocycles. The number of aromatic nitrogens is 2. The number of anilines is 1. The third kappa shape index (κ3) is 5.82. The Morgan fingerprint density at radius 2 is 1.44 bits per heavy atom. The number of nitrogens with zero attached hydrogens (tertiary/aromatic N) is 3. The minimum Gasteiger partial charge on any atom is -0.466 e. The number of ether oxygens (including phenoxy) is 1. The number of carbonyl (C=O) groups is 1. The molecular formula is C29H35N3O2. The number of benzene rings is 2. The topological polar surface area (TPSA) is 55.3 Å². The van der Waals surface area contributed by atoms with Gasteiger partial charge in [-0.05, 0) is 33.6 Å². The van der Waals surface area contributed by atoms with Crippen LogP contribution in [0.2, 0.25) is 0 Å². The zero-order chi connectivity index (χ0) is 23.9. The van der Waals surface area contributed by atoms with Crippen LogP contribution in [0.15, 0.2) is 48.5 Å². The Morgan fingerprint density at radius 1 is 0.853 bits per heavy atom. The Labute approximate surface area is 203 Å². The van der Waals surface area contributed by atoms with E-state index in [2.05, 4.69) is 67.3 Å². The molecule has 2 heterocycles. The summed E-state index contributed by atoms with van der Waals surface area (Å²) < 4.78 is 5.01. The van der Waals surface area contributed by atoms with Gasteiger partial charge in [-0.15, -0.1) is 0 Å². The van der Waals surface area contributed by atoms with Gasteiger partial charge in [0.1, 0.15) is 0 Å². The first-order valence-corrected chi connectivity index (χ1v) is 12.5. The van der Waals surface area contributed by atoms with E-state index >= 15 is 0 Å². The van der Waals surface area contributed by atoms with Gasteiger partial charge in [-0.25, -0.2) is 9.97 Å². The Hall–Kier alpha value is -3.21. The maximum atomic E-state index is 11.5. The average molecular weight is 458 g/mol. The van der Waals surface area contributed by atoms with Gasteiger partial charge in [0.2, 0.25) is 0 Å². The monoisotopic (exact) mass is 457 g/mol. The Balaban J connectivity index is 1.50. The fourth-order valence-corrected chi connectivity index (χ4v) is 4.43. The highest BCUT2D eigenvalue weighted by molar-refractivity contribution is 5.80. The third-order valence-electron chi connectivity index (χ3n) is 6.38. The van der Waals surface area contributed by atoms with E-state index in [1.165, 1.54) is 11.1 Å². The maximum Gasteiger partial charge on any atom is 0.305 e. The van der Waals surface area contributed by atoms with Crippen molar-refractivity contribution >= 4 is 11.8 Å². The number of rotatable bonds is 10. The van der Waals surface area contributed by atoms with Crippen LogP contribution in [0.3, 0.4) is 0 Å². The number of hydrogen-bond donors (Lipinski definition) is 0. The average Bonchev–Trinajstić information content (AvgIpc) is 3.23. The van der Waals surface area contributed by atoms with Crippen LogP contribution in [0.25, 0.3) is 22.5 Å². The Morgan fingerprint density at radius 3 is 2.06 bits per heavy atom. The highest BCUT2D eigenvalue weighted by Crippen LogP contribution is 2.35. The van der Waals surface area contributed by atoms with Crippen molar-refractivity contribution in [3.05, 3.63) is 65.4 Å². The van der Waals surface area contributed by atoms with E-state index in [1.807, 2.05) is 6.92 Å². The fourth-order valence-electron chi connectivity index (χ4n) is 4.43. The molecule has 0 aliphatic carbocycles. The normalized spacial score (nSPS) is 12.6. The second-order valence-electron chi connectivity index (χ2n) is 9.13. The molecule has 1 aliphatic heterocycles. The lowest BCUT2D eigenvalue weighted by Gasteiger charge is -2.19. The number of unbranched alkanes of at least 4 members (excludes halogenated alkanes) is 3. The van der Waals surface area contributed by atoms with Crippen LogP contribution in [-0.4, -0.2) is 35.6 Å². The summed E-state index contributed by atoms with van der Waals surface area (Å²) in [7, 11) is 0. The quantitative estimate of drug-likeness (QED) is 0.264. The zero-order valence-electron chi connectivity index (χ0n) is 20.6. The summed E-state index contributed by atoms with van der Waals surface area (Å²) in [6, 6.07) is 17.1. The molecule has 5 heteroatoms. The predicted molar refractivity (Wildman–Crippen MR) is 138 cm³/mol. The third-order valence-corrected chi connectivity index (χ3v) is 6.38. The largest absolute Gasteiger partial charge is 0.466 e. The maximum absolute atomic E-state index is 11.5. The van der Waals surface area contributed by atoms with E-state index in [0.29, 0.717) is 13.0 Å². The van der Waals surface area contributed by atoms with Crippen LogP contribution in [0, 0.1) is 13.8 Å². The first-order valence-electron chi connectivity index (χ1n) is 12.5. The number of esters is 1. The molecule has 3 aromatic rings. The molecule has 4 rings (SSSR count). The van der Waals surface area contributed by atoms with Crippen molar-refractivity contribution in [3.63, 3.8) is 0 Å². The molecule has 5 nitrogen and oxygen atoms in total. The van der Waals surface area contributed by atoms with Gasteiger partial charge in [-0.2, -0.15) is 0 Å². The smallest absolute Gasteiger partial charge is 0.305 e. The van der Waals surface area contributed by atoms with Crippen molar-refractivity contribution in [2.24, 2.45) is 0 Å². The fraction of sp³-hybridized carbons (Fsp3) is 0.414. The van der Waals surface area contributed by atoms with Gasteiger partial charge in [-0.3, -0.25) is 4.79 Å². The summed E-state index contributed by atoms with van der Waals surface area (Å²) in [4.78, 5) is 24.2. The first-order chi connectivity index (χ1) is 16.5. The minimum absolute atomic E-state index is 0.0840. The highest BCUT2D eigenvalue weighted by atomic mass is 16.5. The van der Waals surface area contributed by atoms with Crippen LogP contribution in [0.5, 0.6) is 0 Å². The summed E-state index contributed by atoms with van der Waals surface area (Å²) in [5.41, 5.74) is 7.68. The van der Waals surface area contributed by atoms with Gasteiger partial charge in [0.05, 0.1) is 23.7 Å². The molecule has 0 fully saturated rings. The summed E-state index contributed by atoms with van der Waals surface area (Å²) in [6.07, 6.45) is 5.58. The number of carbonyl (C=O) groups excluding carboxylic acids is 1. The van der Waals surface area contributed by atoms with E-state index < -0.39 is 0 Å². The molecule has 0 radical (unpaired) electrons. The Bertz CT molecular complexity index is 1110. The van der Waals surface area contributed by atoms with Gasteiger partial charge < -0.3 is 9.64 Å². The molecule has 2 aromatic carbocycles. The molecule has 178 valence electrons. The van der Waals surface area contributed by atoms with E-state index in [4.69, 9.17) is 14.7 Å². The lowest BCUT2D eigenvalue weighted by atomic mass is 10.0. The van der Waals surface area contributed by atoms with Gasteiger partial charge in [0.15, 0.2) is 5.82 Å². The van der Waals surface area contributed by atoms with E-state index in [9.17, 15) is 4.79 Å². The first kappa shape index (κ1) is 23.9. The Kier molecular flexibility index (Phi) is 7.94. The van der Waals surface area contributed by atoms with Gasteiger partial charge in [0, 0.05) is 37.1 Å². The standard InChI is InChI=1S/C29H35N3O2/c1-4-34-26(33)9-7-5-6-8-19-32-20-18-25-29(32)31-28(24-16-12-22(3)13-17-24)27(30-25)23-14-10-21(2)11-15-23/h10-17H,4-9,18-20H2,1-3H3. The van der Waals surface area contributed by atoms with E-state index in [-0.39, 0.29) is 5.97 Å². The summed E-state index contributed by atoms with van der Waals surface area (Å²) in [5, 5.41) is 0. The molecule has 0 bridgehead atoms. The van der Waals surface area contributed by atoms with Crippen LogP contribution in [-0.2, 0) is 16.0 Å². The molecule has 0 saturated carbocycles. The van der Waals surface area contributed by atoms with Crippen LogP contribution in [0.1, 0.15) is 55.8 Å². The lowest BCUT2D eigenvalue weighted by Crippen LogP contribution is -2.22. The second-order valence-corrected chi connectivity index (χ2v) is 9.13. The van der Waals surface area contributed by atoms with Gasteiger partial charge >= 0.3 is 5.97 Å². The van der Waals surface area contributed by atoms with E-state index in [0.717, 1.165) is 79.2 Å². The molecule has 0 spiro atoms. The number of aryl methyl sites for hydroxylation is 2. The van der Waals surface area contributed by atoms with Crippen molar-refractivity contribution in [2.45, 2.75) is 59.3 Å². The molecule has 1 aromatic heterocycles. The SMILES string of the molecule is CCOC(=O)CCCCCCN1CCc2nc(-c3ccc(C)cc3)c(-c3ccc(C)cc3)nc21. The number of fused-ring (bicyclic) bond motifs is 1. The summed E-state index contributed by atoms with van der Waals surface area (Å²) in [6.45, 7) is 8.45. The summed E-state index contributed by atoms with van der Waals surface area (Å²) >= 11 is 0. The zero-order valence-corrected chi connectivity index (χ0v) is 20.6. The van der Waals surface area contributed by atoms with Crippen molar-refractivity contribution in [1.29, 1.82) is 0 Å². The predicted octanol–water partition coefficient (Wildman–Crippen LogP) is 6.30. The number of hydrogen-bond acceptors (Lipinski definition) is 5. The van der Waals surface area contributed by atoms with Crippen LogP contribution >= 0.6 is 0 Å². The van der Waals surface area contributed by atoms with E-state index in [1.54, 1.807) is 0 Å². The minimum atomic E-state index is -0.0840. The van der Waals surface area contributed by atoms with Crippen molar-refractivity contribution in [2.75, 3.05) is 24.6 Å². The van der Waals surface area contributed by atoms with Crippen molar-refractivity contribution < 1.29 is 9.53 Å². The molecular weight excluding hydrogens is 422 g/mol.